The van der Waals surface area contributed by atoms with E-state index in [0.29, 0.717) is 16.5 Å². The Morgan fingerprint density at radius 3 is 2.34 bits per heavy atom. The van der Waals surface area contributed by atoms with Gasteiger partial charge in [0.15, 0.2) is 0 Å². The molecule has 3 aliphatic carbocycles. The lowest BCUT2D eigenvalue weighted by Crippen LogP contribution is -2.38. The maximum atomic E-state index is 13.1. The number of nitrogens with two attached hydrogens (primary N) is 1. The van der Waals surface area contributed by atoms with Crippen molar-refractivity contribution in [3.8, 4) is 0 Å². The molecule has 0 unspecified atom stereocenters. The summed E-state index contributed by atoms with van der Waals surface area (Å²) in [5, 5.41) is 13.1. The zero-order valence-corrected chi connectivity index (χ0v) is 18.1. The third-order valence-electron chi connectivity index (χ3n) is 7.48. The molecule has 1 heterocycles. The van der Waals surface area contributed by atoms with Gasteiger partial charge in [-0.3, -0.25) is 14.4 Å². The molecule has 0 aromatic carbocycles. The predicted octanol–water partition coefficient (Wildman–Crippen LogP) is 3.68. The van der Waals surface area contributed by atoms with E-state index in [-0.39, 0.29) is 23.2 Å². The largest absolute Gasteiger partial charge is 0.481 e. The van der Waals surface area contributed by atoms with Crippen LogP contribution in [0.15, 0.2) is 0 Å². The summed E-state index contributed by atoms with van der Waals surface area (Å²) in [7, 11) is 0. The molecule has 1 aromatic heterocycles. The minimum absolute atomic E-state index is 0.0907. The number of carboxylic acids is 1. The van der Waals surface area contributed by atoms with Gasteiger partial charge in [0.25, 0.3) is 5.91 Å². The summed E-state index contributed by atoms with van der Waals surface area (Å²) < 4.78 is 0. The number of carbonyl (C=O) groups excluding carboxylic acids is 2. The summed E-state index contributed by atoms with van der Waals surface area (Å²) in [5.41, 5.74) is 7.27. The molecule has 158 valence electrons. The van der Waals surface area contributed by atoms with E-state index in [1.54, 1.807) is 0 Å². The minimum atomic E-state index is -0.883. The van der Waals surface area contributed by atoms with E-state index >= 15 is 0 Å². The van der Waals surface area contributed by atoms with E-state index in [9.17, 15) is 19.5 Å². The first-order valence-electron chi connectivity index (χ1n) is 10.6. The molecule has 4 rings (SSSR count). The van der Waals surface area contributed by atoms with Gasteiger partial charge in [0.2, 0.25) is 5.91 Å². The molecule has 6 nitrogen and oxygen atoms in total. The zero-order chi connectivity index (χ0) is 21.1. The van der Waals surface area contributed by atoms with Crippen LogP contribution in [0, 0.1) is 35.0 Å². The molecular formula is C22H30N2O4S. The highest BCUT2D eigenvalue weighted by molar-refractivity contribution is 7.17. The normalized spacial score (nSPS) is 30.8. The Morgan fingerprint density at radius 2 is 1.76 bits per heavy atom. The first-order valence-corrected chi connectivity index (χ1v) is 11.4. The number of rotatable bonds is 4. The Kier molecular flexibility index (Phi) is 5.00. The number of amides is 2. The molecule has 7 heteroatoms. The van der Waals surface area contributed by atoms with Crippen LogP contribution in [0.4, 0.5) is 5.00 Å². The number of nitrogens with one attached hydrogen (secondary N) is 1. The molecular weight excluding hydrogens is 388 g/mol. The highest BCUT2D eigenvalue weighted by Crippen LogP contribution is 2.53. The molecule has 0 aliphatic heterocycles. The van der Waals surface area contributed by atoms with Crippen molar-refractivity contribution in [2.75, 3.05) is 5.32 Å². The first-order chi connectivity index (χ1) is 13.6. The summed E-state index contributed by atoms with van der Waals surface area (Å²) in [5.74, 6) is -2.08. The Balaban J connectivity index is 1.61. The number of anilines is 1. The highest BCUT2D eigenvalue weighted by Gasteiger charge is 2.54. The number of hydrogen-bond donors (Lipinski definition) is 3. The fraction of sp³-hybridized carbons (Fsp3) is 0.682. The summed E-state index contributed by atoms with van der Waals surface area (Å²) in [6, 6.07) is 0. The molecule has 2 saturated carbocycles. The van der Waals surface area contributed by atoms with Gasteiger partial charge in [-0.15, -0.1) is 11.3 Å². The maximum Gasteiger partial charge on any atom is 0.307 e. The first kappa shape index (κ1) is 20.4. The van der Waals surface area contributed by atoms with Gasteiger partial charge in [-0.25, -0.2) is 0 Å². The summed E-state index contributed by atoms with van der Waals surface area (Å²) in [6.45, 7) is 6.69. The number of primary amides is 1. The van der Waals surface area contributed by atoms with Crippen molar-refractivity contribution in [3.63, 3.8) is 0 Å². The molecule has 2 fully saturated rings. The van der Waals surface area contributed by atoms with E-state index in [2.05, 4.69) is 26.1 Å². The maximum absolute atomic E-state index is 13.1. The van der Waals surface area contributed by atoms with Crippen molar-refractivity contribution in [2.45, 2.75) is 59.3 Å². The van der Waals surface area contributed by atoms with Crippen LogP contribution in [0.25, 0.3) is 0 Å². The van der Waals surface area contributed by atoms with E-state index in [4.69, 9.17) is 5.73 Å². The van der Waals surface area contributed by atoms with Crippen molar-refractivity contribution in [2.24, 2.45) is 40.7 Å². The minimum Gasteiger partial charge on any atom is -0.481 e. The van der Waals surface area contributed by atoms with Crippen LogP contribution in [-0.4, -0.2) is 22.9 Å². The summed E-state index contributed by atoms with van der Waals surface area (Å²) in [6.07, 6.45) is 5.27. The molecule has 5 atom stereocenters. The smallest absolute Gasteiger partial charge is 0.307 e. The Morgan fingerprint density at radius 1 is 1.10 bits per heavy atom. The number of carboxylic acid groups (broad SMARTS) is 1. The number of carbonyl (C=O) groups is 3. The quantitative estimate of drug-likeness (QED) is 0.693. The third-order valence-corrected chi connectivity index (χ3v) is 8.65. The monoisotopic (exact) mass is 418 g/mol. The Labute approximate surface area is 175 Å². The SMILES string of the molecule is CC(C)(C)[C@@H]1CCc2c(sc(NC(=O)[C@H]3[C@H]4CC[C@@H](C4)[C@H]3C(=O)O)c2C(N)=O)C1. The zero-order valence-electron chi connectivity index (χ0n) is 17.3. The van der Waals surface area contributed by atoms with Gasteiger partial charge in [-0.1, -0.05) is 20.8 Å². The highest BCUT2D eigenvalue weighted by atomic mass is 32.1. The average molecular weight is 419 g/mol. The third kappa shape index (κ3) is 3.47. The van der Waals surface area contributed by atoms with E-state index in [1.165, 1.54) is 11.3 Å². The second-order valence-electron chi connectivity index (χ2n) is 10.1. The van der Waals surface area contributed by atoms with Crippen molar-refractivity contribution < 1.29 is 19.5 Å². The predicted molar refractivity (Wildman–Crippen MR) is 112 cm³/mol. The summed E-state index contributed by atoms with van der Waals surface area (Å²) in [4.78, 5) is 38.2. The van der Waals surface area contributed by atoms with Gasteiger partial charge in [0, 0.05) is 4.88 Å². The van der Waals surface area contributed by atoms with Crippen LogP contribution in [-0.2, 0) is 22.4 Å². The van der Waals surface area contributed by atoms with Crippen LogP contribution in [0.5, 0.6) is 0 Å². The molecule has 2 bridgehead atoms. The van der Waals surface area contributed by atoms with Gasteiger partial charge in [0.1, 0.15) is 5.00 Å². The Hall–Kier alpha value is -1.89. The molecule has 29 heavy (non-hydrogen) atoms. The molecule has 3 aliphatic rings. The topological polar surface area (TPSA) is 109 Å². The molecule has 0 radical (unpaired) electrons. The van der Waals surface area contributed by atoms with Gasteiger partial charge in [-0.05, 0) is 67.3 Å². The Bertz CT molecular complexity index is 869. The van der Waals surface area contributed by atoms with Crippen molar-refractivity contribution in [1.29, 1.82) is 0 Å². The second kappa shape index (κ2) is 7.11. The van der Waals surface area contributed by atoms with Crippen LogP contribution < -0.4 is 11.1 Å². The van der Waals surface area contributed by atoms with Gasteiger partial charge < -0.3 is 16.2 Å². The van der Waals surface area contributed by atoms with Gasteiger partial charge >= 0.3 is 5.97 Å². The standard InChI is InChI=1S/C22H30N2O4S/c1-22(2,3)12-6-7-13-14(9-12)29-20(17(13)18(23)25)24-19(26)15-10-4-5-11(8-10)16(15)21(27)28/h10-12,15-16H,4-9H2,1-3H3,(H2,23,25)(H,24,26)(H,27,28)/t10-,11-,12+,15-,16+/m0/s1. The van der Waals surface area contributed by atoms with E-state index in [0.717, 1.165) is 49.0 Å². The fourth-order valence-electron chi connectivity index (χ4n) is 5.89. The number of hydrogen-bond acceptors (Lipinski definition) is 4. The number of thiophene rings is 1. The number of fused-ring (bicyclic) bond motifs is 3. The van der Waals surface area contributed by atoms with Crippen LogP contribution in [0.2, 0.25) is 0 Å². The second-order valence-corrected chi connectivity index (χ2v) is 11.2. The van der Waals surface area contributed by atoms with E-state index in [1.807, 2.05) is 0 Å². The van der Waals surface area contributed by atoms with Crippen molar-refractivity contribution in [1.82, 2.24) is 0 Å². The van der Waals surface area contributed by atoms with Crippen molar-refractivity contribution in [3.05, 3.63) is 16.0 Å². The average Bonchev–Trinajstić information content (AvgIpc) is 3.31. The van der Waals surface area contributed by atoms with Gasteiger partial charge in [0.05, 0.1) is 17.4 Å². The fourth-order valence-corrected chi connectivity index (χ4v) is 7.23. The lowest BCUT2D eigenvalue weighted by molar-refractivity contribution is -0.148. The summed E-state index contributed by atoms with van der Waals surface area (Å²) >= 11 is 1.45. The van der Waals surface area contributed by atoms with Crippen LogP contribution in [0.3, 0.4) is 0 Å². The van der Waals surface area contributed by atoms with E-state index < -0.39 is 23.7 Å². The molecule has 1 aromatic rings. The van der Waals surface area contributed by atoms with Crippen LogP contribution >= 0.6 is 11.3 Å². The molecule has 4 N–H and O–H groups in total. The van der Waals surface area contributed by atoms with Gasteiger partial charge in [-0.2, -0.15) is 0 Å². The van der Waals surface area contributed by atoms with Crippen molar-refractivity contribution >= 4 is 34.1 Å². The molecule has 2 amide bonds. The lowest BCUT2D eigenvalue weighted by Gasteiger charge is -2.33. The molecule has 0 spiro atoms. The van der Waals surface area contributed by atoms with Crippen LogP contribution in [0.1, 0.15) is 67.3 Å². The number of aliphatic carboxylic acids is 1. The molecule has 0 saturated heterocycles. The lowest BCUT2D eigenvalue weighted by atomic mass is 9.72.